The maximum Gasteiger partial charge on any atom is 0.127 e. The van der Waals surface area contributed by atoms with Gasteiger partial charge in [0, 0.05) is 5.56 Å². The van der Waals surface area contributed by atoms with Crippen LogP contribution in [0.25, 0.3) is 11.1 Å². The molecule has 2 aromatic rings. The van der Waals surface area contributed by atoms with Crippen LogP contribution in [0.3, 0.4) is 0 Å². The van der Waals surface area contributed by atoms with Crippen molar-refractivity contribution in [1.29, 1.82) is 0 Å². The highest BCUT2D eigenvalue weighted by Crippen LogP contribution is 2.32. The van der Waals surface area contributed by atoms with Gasteiger partial charge >= 0.3 is 0 Å². The minimum atomic E-state index is 0.819. The predicted molar refractivity (Wildman–Crippen MR) is 110 cm³/mol. The van der Waals surface area contributed by atoms with Crippen LogP contribution >= 0.6 is 0 Å². The van der Waals surface area contributed by atoms with Gasteiger partial charge in [-0.25, -0.2) is 0 Å². The fourth-order valence-electron chi connectivity index (χ4n) is 3.13. The summed E-state index contributed by atoms with van der Waals surface area (Å²) in [6, 6.07) is 15.5. The first-order chi connectivity index (χ1) is 12.3. The number of benzene rings is 2. The van der Waals surface area contributed by atoms with E-state index in [0.29, 0.717) is 0 Å². The molecule has 0 aliphatic rings. The first-order valence-electron chi connectivity index (χ1n) is 10.1. The molecule has 0 unspecified atom stereocenters. The molecule has 0 atom stereocenters. The van der Waals surface area contributed by atoms with Crippen molar-refractivity contribution in [2.75, 3.05) is 6.61 Å². The third-order valence-corrected chi connectivity index (χ3v) is 4.88. The highest BCUT2D eigenvalue weighted by atomic mass is 16.5. The zero-order valence-electron chi connectivity index (χ0n) is 16.3. The highest BCUT2D eigenvalue weighted by Gasteiger charge is 2.08. The van der Waals surface area contributed by atoms with E-state index in [1.54, 1.807) is 0 Å². The van der Waals surface area contributed by atoms with Crippen LogP contribution in [0.5, 0.6) is 5.75 Å². The molecule has 25 heavy (non-hydrogen) atoms. The second-order valence-corrected chi connectivity index (χ2v) is 6.85. The Bertz CT molecular complexity index is 612. The van der Waals surface area contributed by atoms with Crippen LogP contribution in [0.15, 0.2) is 42.5 Å². The Labute approximate surface area is 154 Å². The molecule has 0 bridgehead atoms. The van der Waals surface area contributed by atoms with E-state index in [-0.39, 0.29) is 0 Å². The first-order valence-corrected chi connectivity index (χ1v) is 10.1. The van der Waals surface area contributed by atoms with Gasteiger partial charge < -0.3 is 4.74 Å². The summed E-state index contributed by atoms with van der Waals surface area (Å²) < 4.78 is 6.20. The molecule has 0 heterocycles. The number of unbranched alkanes of at least 4 members (excludes halogenated alkanes) is 5. The Morgan fingerprint density at radius 3 is 2.00 bits per heavy atom. The first kappa shape index (κ1) is 19.6. The molecule has 0 saturated carbocycles. The average Bonchev–Trinajstić information content (AvgIpc) is 2.67. The lowest BCUT2D eigenvalue weighted by molar-refractivity contribution is 0.305. The van der Waals surface area contributed by atoms with Crippen molar-refractivity contribution in [3.8, 4) is 16.9 Å². The van der Waals surface area contributed by atoms with Crippen molar-refractivity contribution in [2.24, 2.45) is 0 Å². The van der Waals surface area contributed by atoms with Crippen LogP contribution in [0.1, 0.15) is 70.4 Å². The van der Waals surface area contributed by atoms with Gasteiger partial charge in [0.25, 0.3) is 0 Å². The van der Waals surface area contributed by atoms with Gasteiger partial charge in [-0.05, 0) is 42.0 Å². The van der Waals surface area contributed by atoms with Crippen LogP contribution in [-0.2, 0) is 12.8 Å². The summed E-state index contributed by atoms with van der Waals surface area (Å²) in [6.45, 7) is 7.47. The monoisotopic (exact) mass is 338 g/mol. The van der Waals surface area contributed by atoms with E-state index in [2.05, 4.69) is 63.2 Å². The summed E-state index contributed by atoms with van der Waals surface area (Å²) in [5, 5.41) is 0. The molecular formula is C24H34O. The van der Waals surface area contributed by atoms with Crippen molar-refractivity contribution < 1.29 is 4.74 Å². The van der Waals surface area contributed by atoms with Gasteiger partial charge in [0.15, 0.2) is 0 Å². The topological polar surface area (TPSA) is 9.23 Å². The maximum absolute atomic E-state index is 6.20. The SMILES string of the molecule is CCCCCCCCOc1cc(CC)ccc1-c1ccc(CC)cc1. The number of hydrogen-bond donors (Lipinski definition) is 0. The van der Waals surface area contributed by atoms with Crippen molar-refractivity contribution in [3.63, 3.8) is 0 Å². The van der Waals surface area contributed by atoms with Gasteiger partial charge in [-0.15, -0.1) is 0 Å². The number of aryl methyl sites for hydroxylation is 2. The standard InChI is InChI=1S/C24H34O/c1-4-7-8-9-10-11-18-25-24-19-21(6-3)14-17-23(24)22-15-12-20(5-2)13-16-22/h12-17,19H,4-11,18H2,1-3H3. The van der Waals surface area contributed by atoms with Crippen molar-refractivity contribution in [1.82, 2.24) is 0 Å². The number of ether oxygens (including phenoxy) is 1. The van der Waals surface area contributed by atoms with Gasteiger partial charge in [-0.2, -0.15) is 0 Å². The molecule has 0 N–H and O–H groups in total. The number of rotatable bonds is 11. The zero-order chi connectivity index (χ0) is 17.9. The van der Waals surface area contributed by atoms with Crippen LogP contribution in [0, 0.1) is 0 Å². The van der Waals surface area contributed by atoms with Crippen molar-refractivity contribution in [2.45, 2.75) is 72.1 Å². The summed E-state index contributed by atoms with van der Waals surface area (Å²) in [5.74, 6) is 1.04. The Hall–Kier alpha value is -1.76. The largest absolute Gasteiger partial charge is 0.493 e. The van der Waals surface area contributed by atoms with E-state index in [4.69, 9.17) is 4.74 Å². The molecule has 0 aliphatic carbocycles. The third-order valence-electron chi connectivity index (χ3n) is 4.88. The summed E-state index contributed by atoms with van der Waals surface area (Å²) in [4.78, 5) is 0. The van der Waals surface area contributed by atoms with Crippen LogP contribution in [0.4, 0.5) is 0 Å². The molecule has 136 valence electrons. The Balaban J connectivity index is 2.01. The molecule has 2 aromatic carbocycles. The van der Waals surface area contributed by atoms with Crippen LogP contribution < -0.4 is 4.74 Å². The Kier molecular flexibility index (Phi) is 8.59. The smallest absolute Gasteiger partial charge is 0.127 e. The van der Waals surface area contributed by atoms with Gasteiger partial charge in [-0.1, -0.05) is 89.3 Å². The van der Waals surface area contributed by atoms with Gasteiger partial charge in [0.2, 0.25) is 0 Å². The quantitative estimate of drug-likeness (QED) is 0.393. The lowest BCUT2D eigenvalue weighted by Gasteiger charge is -2.14. The van der Waals surface area contributed by atoms with Crippen molar-refractivity contribution >= 4 is 0 Å². The average molecular weight is 339 g/mol. The summed E-state index contributed by atoms with van der Waals surface area (Å²) in [6.07, 6.45) is 9.90. The summed E-state index contributed by atoms with van der Waals surface area (Å²) >= 11 is 0. The Morgan fingerprint density at radius 1 is 0.680 bits per heavy atom. The van der Waals surface area contributed by atoms with Gasteiger partial charge in [0.1, 0.15) is 5.75 Å². The number of hydrogen-bond acceptors (Lipinski definition) is 1. The second kappa shape index (κ2) is 11.0. The van der Waals surface area contributed by atoms with Crippen LogP contribution in [0.2, 0.25) is 0 Å². The molecule has 1 heteroatoms. The van der Waals surface area contributed by atoms with E-state index in [1.165, 1.54) is 54.4 Å². The lowest BCUT2D eigenvalue weighted by Crippen LogP contribution is -2.00. The van der Waals surface area contributed by atoms with E-state index >= 15 is 0 Å². The Morgan fingerprint density at radius 2 is 1.32 bits per heavy atom. The van der Waals surface area contributed by atoms with Crippen molar-refractivity contribution in [3.05, 3.63) is 53.6 Å². The lowest BCUT2D eigenvalue weighted by atomic mass is 10.00. The third kappa shape index (κ3) is 6.23. The van der Waals surface area contributed by atoms with E-state index < -0.39 is 0 Å². The molecule has 0 aromatic heterocycles. The van der Waals surface area contributed by atoms with Gasteiger partial charge in [-0.3, -0.25) is 0 Å². The highest BCUT2D eigenvalue weighted by molar-refractivity contribution is 5.71. The predicted octanol–water partition coefficient (Wildman–Crippen LogP) is 7.22. The molecule has 0 fully saturated rings. The van der Waals surface area contributed by atoms with E-state index in [1.807, 2.05) is 0 Å². The molecule has 0 spiro atoms. The second-order valence-electron chi connectivity index (χ2n) is 6.85. The fourth-order valence-corrected chi connectivity index (χ4v) is 3.13. The molecule has 2 rings (SSSR count). The van der Waals surface area contributed by atoms with Crippen LogP contribution in [-0.4, -0.2) is 6.61 Å². The molecular weight excluding hydrogens is 304 g/mol. The summed E-state index contributed by atoms with van der Waals surface area (Å²) in [7, 11) is 0. The molecule has 0 radical (unpaired) electrons. The summed E-state index contributed by atoms with van der Waals surface area (Å²) in [5.41, 5.74) is 5.18. The van der Waals surface area contributed by atoms with E-state index in [9.17, 15) is 0 Å². The zero-order valence-corrected chi connectivity index (χ0v) is 16.3. The van der Waals surface area contributed by atoms with Gasteiger partial charge in [0.05, 0.1) is 6.61 Å². The molecule has 0 amide bonds. The minimum absolute atomic E-state index is 0.819. The fraction of sp³-hybridized carbons (Fsp3) is 0.500. The minimum Gasteiger partial charge on any atom is -0.493 e. The normalized spacial score (nSPS) is 10.8. The molecule has 0 aliphatic heterocycles. The molecule has 0 saturated heterocycles. The van der Waals surface area contributed by atoms with E-state index in [0.717, 1.165) is 31.6 Å². The molecule has 1 nitrogen and oxygen atoms in total. The maximum atomic E-state index is 6.20.